The van der Waals surface area contributed by atoms with Crippen LogP contribution in [0.2, 0.25) is 39.3 Å². The van der Waals surface area contributed by atoms with Crippen LogP contribution in [0.25, 0.3) is 28.1 Å². The summed E-state index contributed by atoms with van der Waals surface area (Å²) in [7, 11) is -2.98. The molecule has 8 rings (SSSR count). The molecule has 0 unspecified atom stereocenters. The first-order valence-electron chi connectivity index (χ1n) is 19.3. The van der Waals surface area contributed by atoms with Crippen molar-refractivity contribution in [3.8, 4) is 17.1 Å². The lowest BCUT2D eigenvalue weighted by molar-refractivity contribution is 0.627. The Morgan fingerprint density at radius 2 is 0.772 bits per heavy atom. The van der Waals surface area contributed by atoms with Gasteiger partial charge in [0.05, 0.1) is 27.2 Å². The van der Waals surface area contributed by atoms with Crippen molar-refractivity contribution in [1.82, 2.24) is 9.55 Å². The van der Waals surface area contributed by atoms with Crippen LogP contribution in [0.15, 0.2) is 170 Å². The van der Waals surface area contributed by atoms with Crippen LogP contribution in [0, 0.1) is 11.6 Å². The quantitative estimate of drug-likeness (QED) is 0.129. The van der Waals surface area contributed by atoms with E-state index in [1.807, 2.05) is 42.5 Å². The van der Waals surface area contributed by atoms with Gasteiger partial charge in [0.1, 0.15) is 17.5 Å². The minimum absolute atomic E-state index is 0.269. The van der Waals surface area contributed by atoms with E-state index in [-0.39, 0.29) is 11.6 Å². The number of nitrogens with zero attached hydrogens (tertiary/aromatic N) is 4. The highest BCUT2D eigenvalue weighted by molar-refractivity contribution is 6.89. The third-order valence-electron chi connectivity index (χ3n) is 10.5. The summed E-state index contributed by atoms with van der Waals surface area (Å²) in [5, 5.41) is 2.76. The highest BCUT2D eigenvalue weighted by atomic mass is 28.3. The van der Waals surface area contributed by atoms with Gasteiger partial charge in [-0.3, -0.25) is 4.57 Å². The molecule has 0 spiro atoms. The van der Waals surface area contributed by atoms with E-state index in [0.717, 1.165) is 62.2 Å². The van der Waals surface area contributed by atoms with Crippen molar-refractivity contribution >= 4 is 71.7 Å². The van der Waals surface area contributed by atoms with Gasteiger partial charge in [0.2, 0.25) is 0 Å². The zero-order valence-electron chi connectivity index (χ0n) is 33.2. The summed E-state index contributed by atoms with van der Waals surface area (Å²) in [6.45, 7) is 14.1. The average Bonchev–Trinajstić information content (AvgIpc) is 3.60. The van der Waals surface area contributed by atoms with Crippen LogP contribution in [0.5, 0.6) is 0 Å². The topological polar surface area (TPSA) is 24.3 Å². The van der Waals surface area contributed by atoms with E-state index >= 15 is 0 Å². The number of anilines is 6. The van der Waals surface area contributed by atoms with E-state index in [9.17, 15) is 8.78 Å². The van der Waals surface area contributed by atoms with Crippen LogP contribution in [-0.2, 0) is 0 Å². The van der Waals surface area contributed by atoms with Crippen LogP contribution in [0.1, 0.15) is 0 Å². The maximum Gasteiger partial charge on any atom is 0.145 e. The summed E-state index contributed by atoms with van der Waals surface area (Å²) in [6.07, 6.45) is 0. The van der Waals surface area contributed by atoms with E-state index in [0.29, 0.717) is 0 Å². The minimum atomic E-state index is -1.49. The molecule has 0 fully saturated rings. The Kier molecular flexibility index (Phi) is 10.0. The predicted octanol–water partition coefficient (Wildman–Crippen LogP) is 13.0. The van der Waals surface area contributed by atoms with Crippen molar-refractivity contribution in [3.63, 3.8) is 0 Å². The molecule has 0 bridgehead atoms. The van der Waals surface area contributed by atoms with Gasteiger partial charge in [0, 0.05) is 45.4 Å². The molecule has 0 aliphatic rings. The van der Waals surface area contributed by atoms with Crippen molar-refractivity contribution in [2.24, 2.45) is 0 Å². The molecule has 1 aromatic heterocycles. The standard InChI is InChI=1S/C49H46F2N4Si2/c1-56(2,3)45-31-27-42(28-32-45)53(39-19-13-36(50)14-20-39)38-17-11-35(12-18-38)49-52-47-9-7-8-10-48(47)55(49)44-25-23-41(24-26-44)54(40-21-15-37(51)16-22-40)43-29-33-46(34-30-43)57(4,5)6/h7-34H,1-6H3. The van der Waals surface area contributed by atoms with Crippen LogP contribution in [0.4, 0.5) is 42.9 Å². The van der Waals surface area contributed by atoms with Crippen LogP contribution < -0.4 is 20.2 Å². The molecule has 0 N–H and O–H groups in total. The molecule has 0 aliphatic heterocycles. The van der Waals surface area contributed by atoms with Crippen molar-refractivity contribution in [1.29, 1.82) is 0 Å². The molecule has 4 nitrogen and oxygen atoms in total. The molecule has 0 aliphatic carbocycles. The summed E-state index contributed by atoms with van der Waals surface area (Å²) in [4.78, 5) is 9.47. The number of hydrogen-bond donors (Lipinski definition) is 0. The Morgan fingerprint density at radius 1 is 0.421 bits per heavy atom. The molecule has 0 radical (unpaired) electrons. The minimum Gasteiger partial charge on any atom is -0.311 e. The summed E-state index contributed by atoms with van der Waals surface area (Å²) in [5.74, 6) is 0.282. The smallest absolute Gasteiger partial charge is 0.145 e. The molecule has 284 valence electrons. The molecule has 0 saturated carbocycles. The second-order valence-electron chi connectivity index (χ2n) is 16.5. The fraction of sp³-hybridized carbons (Fsp3) is 0.122. The van der Waals surface area contributed by atoms with Crippen molar-refractivity contribution < 1.29 is 8.78 Å². The molecular formula is C49H46F2N4Si2. The van der Waals surface area contributed by atoms with E-state index in [4.69, 9.17) is 4.98 Å². The van der Waals surface area contributed by atoms with Crippen LogP contribution >= 0.6 is 0 Å². The molecule has 57 heavy (non-hydrogen) atoms. The Morgan fingerprint density at radius 3 is 1.18 bits per heavy atom. The number of hydrogen-bond acceptors (Lipinski definition) is 3. The molecular weight excluding hydrogens is 739 g/mol. The molecule has 1 heterocycles. The predicted molar refractivity (Wildman–Crippen MR) is 242 cm³/mol. The van der Waals surface area contributed by atoms with Gasteiger partial charge in [0.25, 0.3) is 0 Å². The van der Waals surface area contributed by atoms with Crippen molar-refractivity contribution in [3.05, 3.63) is 181 Å². The third kappa shape index (κ3) is 7.83. The second kappa shape index (κ2) is 15.1. The fourth-order valence-electron chi connectivity index (χ4n) is 7.29. The molecule has 8 heteroatoms. The molecule has 0 amide bonds. The number of halogens is 2. The number of imidazole rings is 1. The van der Waals surface area contributed by atoms with Gasteiger partial charge < -0.3 is 9.80 Å². The first-order chi connectivity index (χ1) is 27.3. The number of rotatable bonds is 10. The third-order valence-corrected chi connectivity index (χ3v) is 14.6. The summed E-state index contributed by atoms with van der Waals surface area (Å²) < 4.78 is 30.4. The Balaban J connectivity index is 1.18. The number of aromatic nitrogens is 2. The average molecular weight is 785 g/mol. The van der Waals surface area contributed by atoms with Gasteiger partial charge in [-0.2, -0.15) is 0 Å². The largest absolute Gasteiger partial charge is 0.311 e. The summed E-state index contributed by atoms with van der Waals surface area (Å²) in [6, 6.07) is 55.9. The first kappa shape index (κ1) is 37.8. The van der Waals surface area contributed by atoms with E-state index in [1.54, 1.807) is 0 Å². The zero-order chi connectivity index (χ0) is 39.9. The molecule has 0 saturated heterocycles. The molecule has 8 aromatic rings. The number of para-hydroxylation sites is 2. The normalized spacial score (nSPS) is 11.9. The van der Waals surface area contributed by atoms with Gasteiger partial charge in [-0.1, -0.05) is 86.1 Å². The lowest BCUT2D eigenvalue weighted by Crippen LogP contribution is -2.37. The summed E-state index contributed by atoms with van der Waals surface area (Å²) in [5.41, 5.74) is 9.50. The zero-order valence-corrected chi connectivity index (χ0v) is 35.2. The number of benzene rings is 7. The lowest BCUT2D eigenvalue weighted by atomic mass is 10.1. The Labute approximate surface area is 336 Å². The van der Waals surface area contributed by atoms with Gasteiger partial charge >= 0.3 is 0 Å². The maximum absolute atomic E-state index is 14.1. The Hall–Kier alpha value is -6.10. The van der Waals surface area contributed by atoms with Crippen molar-refractivity contribution in [2.45, 2.75) is 39.3 Å². The van der Waals surface area contributed by atoms with Crippen molar-refractivity contribution in [2.75, 3.05) is 9.80 Å². The van der Waals surface area contributed by atoms with Gasteiger partial charge in [0.15, 0.2) is 0 Å². The highest BCUT2D eigenvalue weighted by Crippen LogP contribution is 2.38. The van der Waals surface area contributed by atoms with E-state index in [1.165, 1.54) is 34.6 Å². The first-order valence-corrected chi connectivity index (χ1v) is 26.3. The van der Waals surface area contributed by atoms with Gasteiger partial charge in [-0.15, -0.1) is 0 Å². The van der Waals surface area contributed by atoms with Gasteiger partial charge in [-0.25, -0.2) is 13.8 Å². The SMILES string of the molecule is C[Si](C)(C)c1ccc(N(c2ccc(F)cc2)c2ccc(-c3nc4ccccc4n3-c3ccc(N(c4ccc(F)cc4)c4ccc([Si](C)(C)C)cc4)cc3)cc2)cc1. The van der Waals surface area contributed by atoms with Crippen LogP contribution in [-0.4, -0.2) is 25.7 Å². The highest BCUT2D eigenvalue weighted by Gasteiger charge is 2.21. The van der Waals surface area contributed by atoms with Crippen LogP contribution in [0.3, 0.4) is 0 Å². The number of fused-ring (bicyclic) bond motifs is 1. The fourth-order valence-corrected chi connectivity index (χ4v) is 9.62. The monoisotopic (exact) mass is 784 g/mol. The lowest BCUT2D eigenvalue weighted by Gasteiger charge is -2.27. The second-order valence-corrected chi connectivity index (χ2v) is 26.7. The Bertz CT molecular complexity index is 2630. The molecule has 7 aromatic carbocycles. The van der Waals surface area contributed by atoms with E-state index in [2.05, 4.69) is 157 Å². The summed E-state index contributed by atoms with van der Waals surface area (Å²) >= 11 is 0. The van der Waals surface area contributed by atoms with E-state index < -0.39 is 16.1 Å². The molecule has 0 atom stereocenters. The van der Waals surface area contributed by atoms with Gasteiger partial charge in [-0.05, 0) is 133 Å². The maximum atomic E-state index is 14.1.